The van der Waals surface area contributed by atoms with Crippen LogP contribution in [0.1, 0.15) is 13.8 Å². The highest BCUT2D eigenvalue weighted by Gasteiger charge is 2.29. The first-order chi connectivity index (χ1) is 10.7. The maximum absolute atomic E-state index is 12.9. The van der Waals surface area contributed by atoms with Crippen molar-refractivity contribution in [2.45, 2.75) is 31.0 Å². The third-order valence-electron chi connectivity index (χ3n) is 3.65. The van der Waals surface area contributed by atoms with Crippen molar-refractivity contribution in [1.29, 1.82) is 0 Å². The Morgan fingerprint density at radius 3 is 2.30 bits per heavy atom. The van der Waals surface area contributed by atoms with E-state index in [9.17, 15) is 17.6 Å². The van der Waals surface area contributed by atoms with E-state index < -0.39 is 15.8 Å². The van der Waals surface area contributed by atoms with Gasteiger partial charge in [0, 0.05) is 20.1 Å². The quantitative estimate of drug-likeness (QED) is 0.820. The molecule has 128 valence electrons. The molecule has 0 unspecified atom stereocenters. The predicted octanol–water partition coefficient (Wildman–Crippen LogP) is 1.08. The molecular formula is C15H21FN2O4S. The summed E-state index contributed by atoms with van der Waals surface area (Å²) in [4.78, 5) is 13.9. The number of hydrogen-bond donors (Lipinski definition) is 0. The van der Waals surface area contributed by atoms with E-state index in [0.29, 0.717) is 13.1 Å². The molecule has 1 saturated heterocycles. The van der Waals surface area contributed by atoms with Crippen LogP contribution in [0.3, 0.4) is 0 Å². The van der Waals surface area contributed by atoms with Crippen molar-refractivity contribution in [2.24, 2.45) is 0 Å². The highest BCUT2D eigenvalue weighted by Crippen LogP contribution is 2.16. The van der Waals surface area contributed by atoms with E-state index in [2.05, 4.69) is 0 Å². The second-order valence-electron chi connectivity index (χ2n) is 5.77. The molecule has 0 N–H and O–H groups in total. The van der Waals surface area contributed by atoms with E-state index in [-0.39, 0.29) is 29.6 Å². The lowest BCUT2D eigenvalue weighted by molar-refractivity contribution is -0.143. The molecule has 0 saturated carbocycles. The van der Waals surface area contributed by atoms with Crippen molar-refractivity contribution in [3.05, 3.63) is 30.1 Å². The van der Waals surface area contributed by atoms with Crippen molar-refractivity contribution < 1.29 is 22.3 Å². The Hall–Kier alpha value is -1.51. The maximum Gasteiger partial charge on any atom is 0.243 e. The van der Waals surface area contributed by atoms with Crippen LogP contribution in [0.15, 0.2) is 29.2 Å². The monoisotopic (exact) mass is 344 g/mol. The Labute approximate surface area is 135 Å². The van der Waals surface area contributed by atoms with Gasteiger partial charge in [0.05, 0.1) is 23.6 Å². The Kier molecular flexibility index (Phi) is 5.38. The average molecular weight is 344 g/mol. The van der Waals surface area contributed by atoms with Crippen LogP contribution in [0.25, 0.3) is 0 Å². The van der Waals surface area contributed by atoms with Crippen LogP contribution in [-0.4, -0.2) is 62.4 Å². The number of benzene rings is 1. The summed E-state index contributed by atoms with van der Waals surface area (Å²) >= 11 is 0. The molecule has 1 aliphatic rings. The Bertz CT molecular complexity index is 653. The number of carbonyl (C=O) groups is 1. The molecule has 2 atom stereocenters. The van der Waals surface area contributed by atoms with Crippen molar-refractivity contribution in [3.8, 4) is 0 Å². The van der Waals surface area contributed by atoms with Gasteiger partial charge in [0.1, 0.15) is 5.82 Å². The van der Waals surface area contributed by atoms with Crippen LogP contribution >= 0.6 is 0 Å². The van der Waals surface area contributed by atoms with Crippen LogP contribution in [-0.2, 0) is 19.6 Å². The molecule has 1 aromatic rings. The molecule has 8 heteroatoms. The third kappa shape index (κ3) is 4.27. The molecule has 6 nitrogen and oxygen atoms in total. The molecule has 1 heterocycles. The fraction of sp³-hybridized carbons (Fsp3) is 0.533. The number of morpholine rings is 1. The molecular weight excluding hydrogens is 323 g/mol. The molecule has 0 spiro atoms. The molecule has 0 aliphatic carbocycles. The SMILES string of the molecule is C[C@@H]1CN(C(=O)CN(C)S(=O)(=O)c2ccc(F)cc2)C[C@@H](C)O1. The van der Waals surface area contributed by atoms with Gasteiger partial charge in [-0.15, -0.1) is 0 Å². The number of nitrogens with zero attached hydrogens (tertiary/aromatic N) is 2. The topological polar surface area (TPSA) is 66.9 Å². The first-order valence-corrected chi connectivity index (χ1v) is 8.79. The van der Waals surface area contributed by atoms with Gasteiger partial charge >= 0.3 is 0 Å². The smallest absolute Gasteiger partial charge is 0.243 e. The minimum absolute atomic E-state index is 0.0436. The number of ether oxygens (including phenoxy) is 1. The van der Waals surface area contributed by atoms with Gasteiger partial charge in [-0.25, -0.2) is 12.8 Å². The Balaban J connectivity index is 2.06. The van der Waals surface area contributed by atoms with E-state index in [1.54, 1.807) is 4.90 Å². The van der Waals surface area contributed by atoms with Gasteiger partial charge in [-0.1, -0.05) is 0 Å². The summed E-state index contributed by atoms with van der Waals surface area (Å²) in [5.74, 6) is -0.792. The third-order valence-corrected chi connectivity index (χ3v) is 5.47. The van der Waals surface area contributed by atoms with Crippen molar-refractivity contribution in [3.63, 3.8) is 0 Å². The summed E-state index contributed by atoms with van der Waals surface area (Å²) < 4.78 is 44.3. The minimum Gasteiger partial charge on any atom is -0.372 e. The van der Waals surface area contributed by atoms with E-state index in [1.807, 2.05) is 13.8 Å². The molecule has 1 aliphatic heterocycles. The molecule has 1 aromatic carbocycles. The van der Waals surface area contributed by atoms with Crippen molar-refractivity contribution >= 4 is 15.9 Å². The average Bonchev–Trinajstić information content (AvgIpc) is 2.46. The summed E-state index contributed by atoms with van der Waals surface area (Å²) in [6, 6.07) is 4.52. The normalized spacial score (nSPS) is 22.4. The maximum atomic E-state index is 12.9. The van der Waals surface area contributed by atoms with Gasteiger partial charge in [0.2, 0.25) is 15.9 Å². The zero-order valence-corrected chi connectivity index (χ0v) is 14.2. The fourth-order valence-corrected chi connectivity index (χ4v) is 3.66. The lowest BCUT2D eigenvalue weighted by atomic mass is 10.2. The first-order valence-electron chi connectivity index (χ1n) is 7.35. The number of likely N-dealkylation sites (N-methyl/N-ethyl adjacent to an activating group) is 1. The van der Waals surface area contributed by atoms with E-state index in [1.165, 1.54) is 19.2 Å². The van der Waals surface area contributed by atoms with E-state index in [4.69, 9.17) is 4.74 Å². The zero-order chi connectivity index (χ0) is 17.2. The summed E-state index contributed by atoms with van der Waals surface area (Å²) in [5.41, 5.74) is 0. The summed E-state index contributed by atoms with van der Waals surface area (Å²) in [7, 11) is -2.49. The standard InChI is InChI=1S/C15H21FN2O4S/c1-11-8-18(9-12(2)22-11)15(19)10-17(3)23(20,21)14-6-4-13(16)5-7-14/h4-7,11-12H,8-10H2,1-3H3/t11-,12-/m1/s1. The number of halogens is 1. The first kappa shape index (κ1) is 17.8. The van der Waals surface area contributed by atoms with Crippen LogP contribution in [0.5, 0.6) is 0 Å². The number of sulfonamides is 1. The fourth-order valence-electron chi connectivity index (χ4n) is 2.54. The van der Waals surface area contributed by atoms with Crippen LogP contribution < -0.4 is 0 Å². The lowest BCUT2D eigenvalue weighted by Gasteiger charge is -2.36. The van der Waals surface area contributed by atoms with Gasteiger partial charge in [-0.2, -0.15) is 4.31 Å². The van der Waals surface area contributed by atoms with Crippen LogP contribution in [0, 0.1) is 5.82 Å². The number of amides is 1. The van der Waals surface area contributed by atoms with Crippen molar-refractivity contribution in [2.75, 3.05) is 26.7 Å². The van der Waals surface area contributed by atoms with Gasteiger partial charge in [-0.05, 0) is 38.1 Å². The highest BCUT2D eigenvalue weighted by atomic mass is 32.2. The highest BCUT2D eigenvalue weighted by molar-refractivity contribution is 7.89. The number of hydrogen-bond acceptors (Lipinski definition) is 4. The lowest BCUT2D eigenvalue weighted by Crippen LogP contribution is -2.51. The Morgan fingerprint density at radius 1 is 1.26 bits per heavy atom. The zero-order valence-electron chi connectivity index (χ0n) is 13.4. The van der Waals surface area contributed by atoms with Gasteiger partial charge in [-0.3, -0.25) is 4.79 Å². The Morgan fingerprint density at radius 2 is 1.78 bits per heavy atom. The molecule has 1 fully saturated rings. The number of rotatable bonds is 4. The molecule has 1 amide bonds. The van der Waals surface area contributed by atoms with Gasteiger partial charge in [0.25, 0.3) is 0 Å². The molecule has 0 radical (unpaired) electrons. The number of carbonyl (C=O) groups excluding carboxylic acids is 1. The van der Waals surface area contributed by atoms with E-state index in [0.717, 1.165) is 16.4 Å². The largest absolute Gasteiger partial charge is 0.372 e. The van der Waals surface area contributed by atoms with Gasteiger partial charge < -0.3 is 9.64 Å². The second kappa shape index (κ2) is 6.94. The summed E-state index contributed by atoms with van der Waals surface area (Å²) in [5, 5.41) is 0. The minimum atomic E-state index is -3.83. The molecule has 0 bridgehead atoms. The predicted molar refractivity (Wildman–Crippen MR) is 82.8 cm³/mol. The van der Waals surface area contributed by atoms with Gasteiger partial charge in [0.15, 0.2) is 0 Å². The summed E-state index contributed by atoms with van der Waals surface area (Å²) in [6.45, 7) is 4.35. The summed E-state index contributed by atoms with van der Waals surface area (Å²) in [6.07, 6.45) is -0.163. The molecule has 2 rings (SSSR count). The van der Waals surface area contributed by atoms with Crippen LogP contribution in [0.4, 0.5) is 4.39 Å². The van der Waals surface area contributed by atoms with Crippen LogP contribution in [0.2, 0.25) is 0 Å². The molecule has 0 aromatic heterocycles. The van der Waals surface area contributed by atoms with Crippen molar-refractivity contribution in [1.82, 2.24) is 9.21 Å². The second-order valence-corrected chi connectivity index (χ2v) is 7.82. The van der Waals surface area contributed by atoms with E-state index >= 15 is 0 Å². The molecule has 23 heavy (non-hydrogen) atoms.